The summed E-state index contributed by atoms with van der Waals surface area (Å²) in [5, 5.41) is 71.5. The van der Waals surface area contributed by atoms with Crippen molar-refractivity contribution in [2.45, 2.75) is 54.8 Å². The quantitative estimate of drug-likeness (QED) is 0.173. The van der Waals surface area contributed by atoms with E-state index in [9.17, 15) is 40.5 Å². The molecule has 2 heterocycles. The van der Waals surface area contributed by atoms with Gasteiger partial charge < -0.3 is 60.0 Å². The number of ether oxygens (including phenoxy) is 4. The number of carbonyl (C=O) groups is 1. The average molecular weight is 425 g/mol. The van der Waals surface area contributed by atoms with E-state index in [1.54, 1.807) is 0 Å². The summed E-state index contributed by atoms with van der Waals surface area (Å²) >= 11 is 0. The third-order valence-electron chi connectivity index (χ3n) is 4.66. The van der Waals surface area contributed by atoms with E-state index >= 15 is 0 Å². The second-order valence-electron chi connectivity index (χ2n) is 6.64. The maximum absolute atomic E-state index is 11.5. The first-order valence-corrected chi connectivity index (χ1v) is 8.85. The van der Waals surface area contributed by atoms with Crippen LogP contribution in [0.25, 0.3) is 0 Å². The Balaban J connectivity index is 2.08. The Kier molecular flexibility index (Phi) is 8.30. The van der Waals surface area contributed by atoms with Crippen molar-refractivity contribution in [3.05, 3.63) is 12.7 Å². The molecule has 0 spiro atoms. The first kappa shape index (κ1) is 23.9. The highest BCUT2D eigenvalue weighted by Gasteiger charge is 2.58. The van der Waals surface area contributed by atoms with Crippen molar-refractivity contribution in [3.63, 3.8) is 0 Å². The SMILES string of the molecule is C=CCNC(=O)OC[C@H]1O[C@H](O[C@]2(CO)O[C@H](CO)[C@@H](O)[C@@H]2O)[C@H](O)[C@@H](O)[C@@H]1O. The topological polar surface area (TPSA) is 208 Å². The van der Waals surface area contributed by atoms with Gasteiger partial charge >= 0.3 is 6.09 Å². The van der Waals surface area contributed by atoms with Crippen LogP contribution in [0.2, 0.25) is 0 Å². The molecule has 2 saturated heterocycles. The molecule has 1 amide bonds. The Morgan fingerprint density at radius 2 is 1.76 bits per heavy atom. The van der Waals surface area contributed by atoms with Crippen LogP contribution in [0.3, 0.4) is 0 Å². The van der Waals surface area contributed by atoms with Crippen LogP contribution in [0.15, 0.2) is 12.7 Å². The smallest absolute Gasteiger partial charge is 0.407 e. The number of alkyl carbamates (subject to hydrolysis) is 1. The van der Waals surface area contributed by atoms with Gasteiger partial charge in [0.2, 0.25) is 5.79 Å². The molecule has 29 heavy (non-hydrogen) atoms. The molecule has 0 aromatic carbocycles. The van der Waals surface area contributed by atoms with Gasteiger partial charge in [-0.2, -0.15) is 0 Å². The van der Waals surface area contributed by atoms with Crippen LogP contribution in [0, 0.1) is 0 Å². The molecule has 2 fully saturated rings. The molecule has 2 rings (SSSR count). The van der Waals surface area contributed by atoms with Crippen LogP contribution < -0.4 is 5.32 Å². The average Bonchev–Trinajstić information content (AvgIpc) is 2.96. The number of carbonyl (C=O) groups excluding carboxylic acids is 1. The van der Waals surface area contributed by atoms with Crippen molar-refractivity contribution < 1.29 is 59.5 Å². The van der Waals surface area contributed by atoms with Crippen LogP contribution in [0.4, 0.5) is 4.79 Å². The van der Waals surface area contributed by atoms with Gasteiger partial charge in [0, 0.05) is 6.54 Å². The van der Waals surface area contributed by atoms with Gasteiger partial charge in [0.15, 0.2) is 6.29 Å². The van der Waals surface area contributed by atoms with E-state index in [0.717, 1.165) is 0 Å². The van der Waals surface area contributed by atoms with E-state index < -0.39 is 80.7 Å². The van der Waals surface area contributed by atoms with E-state index in [4.69, 9.17) is 18.9 Å². The summed E-state index contributed by atoms with van der Waals surface area (Å²) in [6, 6.07) is 0. The second-order valence-corrected chi connectivity index (χ2v) is 6.64. The van der Waals surface area contributed by atoms with Crippen molar-refractivity contribution in [1.82, 2.24) is 5.32 Å². The van der Waals surface area contributed by atoms with Crippen molar-refractivity contribution in [3.8, 4) is 0 Å². The van der Waals surface area contributed by atoms with Crippen molar-refractivity contribution in [2.75, 3.05) is 26.4 Å². The molecule has 0 bridgehead atoms. The van der Waals surface area contributed by atoms with E-state index in [1.807, 2.05) is 0 Å². The fourth-order valence-electron chi connectivity index (χ4n) is 2.98. The molecular weight excluding hydrogens is 398 g/mol. The van der Waals surface area contributed by atoms with E-state index in [2.05, 4.69) is 11.9 Å². The van der Waals surface area contributed by atoms with Crippen LogP contribution in [0.5, 0.6) is 0 Å². The van der Waals surface area contributed by atoms with Crippen molar-refractivity contribution in [2.24, 2.45) is 0 Å². The van der Waals surface area contributed by atoms with Gasteiger partial charge in [-0.15, -0.1) is 6.58 Å². The van der Waals surface area contributed by atoms with Gasteiger partial charge in [-0.25, -0.2) is 4.79 Å². The molecule has 168 valence electrons. The number of aliphatic hydroxyl groups excluding tert-OH is 7. The van der Waals surface area contributed by atoms with E-state index in [0.29, 0.717) is 0 Å². The van der Waals surface area contributed by atoms with Gasteiger partial charge in [0.25, 0.3) is 0 Å². The maximum Gasteiger partial charge on any atom is 0.407 e. The molecule has 2 aliphatic heterocycles. The summed E-state index contributed by atoms with van der Waals surface area (Å²) in [4.78, 5) is 11.5. The number of hydrogen-bond donors (Lipinski definition) is 8. The third kappa shape index (κ3) is 5.03. The van der Waals surface area contributed by atoms with Crippen LogP contribution in [-0.2, 0) is 18.9 Å². The molecule has 0 unspecified atom stereocenters. The fraction of sp³-hybridized carbons (Fsp3) is 0.812. The molecule has 9 atom stereocenters. The molecule has 0 aromatic heterocycles. The lowest BCUT2D eigenvalue weighted by atomic mass is 9.99. The molecule has 2 aliphatic rings. The summed E-state index contributed by atoms with van der Waals surface area (Å²) < 4.78 is 20.7. The number of nitrogens with one attached hydrogen (secondary N) is 1. The molecule has 0 radical (unpaired) electrons. The number of amides is 1. The summed E-state index contributed by atoms with van der Waals surface area (Å²) in [7, 11) is 0. The third-order valence-corrected chi connectivity index (χ3v) is 4.66. The highest BCUT2D eigenvalue weighted by molar-refractivity contribution is 5.67. The van der Waals surface area contributed by atoms with Gasteiger partial charge in [0.1, 0.15) is 55.9 Å². The van der Waals surface area contributed by atoms with Crippen LogP contribution in [-0.4, -0.2) is 123 Å². The Hall–Kier alpha value is -1.39. The zero-order chi connectivity index (χ0) is 21.8. The minimum Gasteiger partial charge on any atom is -0.447 e. The predicted octanol–water partition coefficient (Wildman–Crippen LogP) is -4.48. The minimum absolute atomic E-state index is 0.128. The maximum atomic E-state index is 11.5. The van der Waals surface area contributed by atoms with E-state index in [1.165, 1.54) is 6.08 Å². The summed E-state index contributed by atoms with van der Waals surface area (Å²) in [5.74, 6) is -2.28. The molecule has 0 aliphatic carbocycles. The fourth-order valence-corrected chi connectivity index (χ4v) is 2.98. The Labute approximate surface area is 165 Å². The predicted molar refractivity (Wildman–Crippen MR) is 91.1 cm³/mol. The van der Waals surface area contributed by atoms with Gasteiger partial charge in [-0.1, -0.05) is 6.08 Å². The molecule has 13 nitrogen and oxygen atoms in total. The number of hydrogen-bond acceptors (Lipinski definition) is 12. The van der Waals surface area contributed by atoms with E-state index in [-0.39, 0.29) is 6.54 Å². The highest BCUT2D eigenvalue weighted by Crippen LogP contribution is 2.35. The van der Waals surface area contributed by atoms with Crippen LogP contribution in [0.1, 0.15) is 0 Å². The Bertz CT molecular complexity index is 564. The van der Waals surface area contributed by atoms with Crippen molar-refractivity contribution >= 4 is 6.09 Å². The largest absolute Gasteiger partial charge is 0.447 e. The number of aliphatic hydroxyl groups is 7. The first-order chi connectivity index (χ1) is 13.7. The number of rotatable bonds is 8. The summed E-state index contributed by atoms with van der Waals surface area (Å²) in [6.07, 6.45) is -12.6. The normalized spacial score (nSPS) is 42.4. The standard InChI is InChI=1S/C16H27NO12/c1-2-3-17-15(25)26-5-8-9(20)11(22)12(23)14(27-8)29-16(6-19)13(24)10(21)7(4-18)28-16/h2,7-14,18-24H,1,3-6H2,(H,17,25)/t7-,8-,9-,10-,11+,12-,13+,14-,16+/m1/s1. The first-order valence-electron chi connectivity index (χ1n) is 8.85. The molecule has 0 saturated carbocycles. The molecule has 0 aromatic rings. The van der Waals surface area contributed by atoms with Crippen LogP contribution >= 0.6 is 0 Å². The van der Waals surface area contributed by atoms with Gasteiger partial charge in [-0.3, -0.25) is 0 Å². The Morgan fingerprint density at radius 1 is 1.07 bits per heavy atom. The lowest BCUT2D eigenvalue weighted by Gasteiger charge is -2.43. The zero-order valence-corrected chi connectivity index (χ0v) is 15.4. The minimum atomic E-state index is -2.28. The lowest BCUT2D eigenvalue weighted by Crippen LogP contribution is -2.63. The lowest BCUT2D eigenvalue weighted by molar-refractivity contribution is -0.383. The molecule has 13 heteroatoms. The van der Waals surface area contributed by atoms with Crippen molar-refractivity contribution in [1.29, 1.82) is 0 Å². The highest BCUT2D eigenvalue weighted by atomic mass is 16.8. The van der Waals surface area contributed by atoms with Gasteiger partial charge in [0.05, 0.1) is 6.61 Å². The monoisotopic (exact) mass is 425 g/mol. The zero-order valence-electron chi connectivity index (χ0n) is 15.4. The summed E-state index contributed by atoms with van der Waals surface area (Å²) in [5.41, 5.74) is 0. The Morgan fingerprint density at radius 3 is 2.31 bits per heavy atom. The van der Waals surface area contributed by atoms with Gasteiger partial charge in [-0.05, 0) is 0 Å². The summed E-state index contributed by atoms with van der Waals surface area (Å²) in [6.45, 7) is 1.30. The second kappa shape index (κ2) is 10.1. The molecule has 8 N–H and O–H groups in total. The molecular formula is C16H27NO12.